The number of carbonyl (C=O) groups is 1. The van der Waals surface area contributed by atoms with Crippen LogP contribution >= 0.6 is 0 Å². The summed E-state index contributed by atoms with van der Waals surface area (Å²) in [6, 6.07) is 6.08. The normalized spacial score (nSPS) is 22.1. The molecule has 0 bridgehead atoms. The molecule has 0 spiro atoms. The van der Waals surface area contributed by atoms with E-state index < -0.39 is 21.7 Å². The Bertz CT molecular complexity index is 596. The van der Waals surface area contributed by atoms with Crippen LogP contribution in [0.15, 0.2) is 29.2 Å². The van der Waals surface area contributed by atoms with E-state index >= 15 is 0 Å². The maximum absolute atomic E-state index is 11.9. The van der Waals surface area contributed by atoms with Crippen LogP contribution in [0.1, 0.15) is 13.3 Å². The minimum absolute atomic E-state index is 0.122. The molecule has 0 aliphatic carbocycles. The molecule has 2 atom stereocenters. The first-order chi connectivity index (χ1) is 9.94. The largest absolute Gasteiger partial charge is 0.481 e. The van der Waals surface area contributed by atoms with E-state index in [1.807, 2.05) is 6.92 Å². The molecule has 1 heterocycles. The van der Waals surface area contributed by atoms with Crippen molar-refractivity contribution in [2.24, 2.45) is 5.92 Å². The molecule has 1 aliphatic rings. The van der Waals surface area contributed by atoms with E-state index in [4.69, 9.17) is 9.84 Å². The monoisotopic (exact) mass is 313 g/mol. The summed E-state index contributed by atoms with van der Waals surface area (Å²) in [5.41, 5.74) is 0.687. The zero-order valence-electron chi connectivity index (χ0n) is 11.8. The van der Waals surface area contributed by atoms with Crippen molar-refractivity contribution in [3.63, 3.8) is 0 Å². The summed E-state index contributed by atoms with van der Waals surface area (Å²) >= 11 is 0. The molecule has 0 saturated carbocycles. The zero-order chi connectivity index (χ0) is 15.5. The van der Waals surface area contributed by atoms with Crippen molar-refractivity contribution in [1.82, 2.24) is 0 Å². The van der Waals surface area contributed by atoms with E-state index in [1.54, 1.807) is 24.3 Å². The number of carboxylic acids is 1. The highest BCUT2D eigenvalue weighted by atomic mass is 32.2. The summed E-state index contributed by atoms with van der Waals surface area (Å²) in [5, 5.41) is 12.2. The lowest BCUT2D eigenvalue weighted by Gasteiger charge is -2.17. The van der Waals surface area contributed by atoms with Gasteiger partial charge >= 0.3 is 5.97 Å². The number of ether oxygens (including phenoxy) is 1. The number of hydrogen-bond acceptors (Lipinski definition) is 5. The van der Waals surface area contributed by atoms with Gasteiger partial charge in [-0.05, 0) is 30.7 Å². The molecule has 1 aliphatic heterocycles. The molecule has 1 aromatic carbocycles. The molecule has 0 radical (unpaired) electrons. The minimum atomic E-state index is -3.23. The lowest BCUT2D eigenvalue weighted by Crippen LogP contribution is -2.33. The lowest BCUT2D eigenvalue weighted by molar-refractivity contribution is -0.141. The van der Waals surface area contributed by atoms with Crippen molar-refractivity contribution < 1.29 is 23.1 Å². The van der Waals surface area contributed by atoms with Crippen molar-refractivity contribution in [3.8, 4) is 0 Å². The molecule has 116 valence electrons. The zero-order valence-corrected chi connectivity index (χ0v) is 12.6. The first-order valence-corrected chi connectivity index (χ1v) is 8.49. The Labute approximate surface area is 124 Å². The van der Waals surface area contributed by atoms with Crippen molar-refractivity contribution in [2.45, 2.75) is 24.3 Å². The maximum Gasteiger partial charge on any atom is 0.311 e. The molecule has 1 saturated heterocycles. The summed E-state index contributed by atoms with van der Waals surface area (Å²) < 4.78 is 29.0. The fourth-order valence-electron chi connectivity index (χ4n) is 2.30. The van der Waals surface area contributed by atoms with Crippen molar-refractivity contribution >= 4 is 21.5 Å². The first-order valence-electron chi connectivity index (χ1n) is 6.84. The topological polar surface area (TPSA) is 92.7 Å². The third kappa shape index (κ3) is 3.74. The van der Waals surface area contributed by atoms with Crippen LogP contribution in [0.5, 0.6) is 0 Å². The Balaban J connectivity index is 2.08. The van der Waals surface area contributed by atoms with Gasteiger partial charge in [0.1, 0.15) is 5.92 Å². The molecule has 1 fully saturated rings. The van der Waals surface area contributed by atoms with Crippen LogP contribution in [0, 0.1) is 5.92 Å². The van der Waals surface area contributed by atoms with Crippen LogP contribution in [-0.2, 0) is 19.4 Å². The summed E-state index contributed by atoms with van der Waals surface area (Å²) in [4.78, 5) is 11.3. The third-order valence-electron chi connectivity index (χ3n) is 3.44. The predicted octanol–water partition coefficient (Wildman–Crippen LogP) is 1.38. The second-order valence-electron chi connectivity index (χ2n) is 5.08. The number of hydrogen-bond donors (Lipinski definition) is 2. The van der Waals surface area contributed by atoms with Crippen LogP contribution in [0.3, 0.4) is 0 Å². The van der Waals surface area contributed by atoms with E-state index in [0.717, 1.165) is 0 Å². The van der Waals surface area contributed by atoms with Crippen molar-refractivity contribution in [2.75, 3.05) is 24.3 Å². The number of aliphatic carboxylic acids is 1. The van der Waals surface area contributed by atoms with Gasteiger partial charge in [-0.1, -0.05) is 6.92 Å². The number of anilines is 1. The van der Waals surface area contributed by atoms with Crippen molar-refractivity contribution in [1.29, 1.82) is 0 Å². The highest BCUT2D eigenvalue weighted by molar-refractivity contribution is 7.91. The number of benzene rings is 1. The molecular formula is C14H19NO5S. The van der Waals surface area contributed by atoms with Crippen molar-refractivity contribution in [3.05, 3.63) is 24.3 Å². The molecule has 2 unspecified atom stereocenters. The highest BCUT2D eigenvalue weighted by Crippen LogP contribution is 2.21. The Hall–Kier alpha value is -1.60. The van der Waals surface area contributed by atoms with Gasteiger partial charge in [0.05, 0.1) is 29.9 Å². The molecular weight excluding hydrogens is 294 g/mol. The Morgan fingerprint density at radius 1 is 1.33 bits per heavy atom. The fourth-order valence-corrected chi connectivity index (χ4v) is 3.62. The van der Waals surface area contributed by atoms with Gasteiger partial charge in [0.2, 0.25) is 0 Å². The molecule has 21 heavy (non-hydrogen) atoms. The maximum atomic E-state index is 11.9. The van der Waals surface area contributed by atoms with E-state index in [-0.39, 0.29) is 23.3 Å². The quantitative estimate of drug-likeness (QED) is 0.824. The summed E-state index contributed by atoms with van der Waals surface area (Å²) in [6.07, 6.45) is 0.571. The van der Waals surface area contributed by atoms with Crippen LogP contribution < -0.4 is 5.32 Å². The van der Waals surface area contributed by atoms with Gasteiger partial charge in [-0.2, -0.15) is 0 Å². The lowest BCUT2D eigenvalue weighted by atomic mass is 10.0. The number of rotatable bonds is 6. The second-order valence-corrected chi connectivity index (χ2v) is 7.19. The van der Waals surface area contributed by atoms with Gasteiger partial charge < -0.3 is 15.2 Å². The molecule has 2 N–H and O–H groups in total. The molecule has 1 aromatic rings. The summed E-state index contributed by atoms with van der Waals surface area (Å²) in [6.45, 7) is 2.34. The minimum Gasteiger partial charge on any atom is -0.481 e. The predicted molar refractivity (Wildman–Crippen MR) is 78.1 cm³/mol. The van der Waals surface area contributed by atoms with Gasteiger partial charge in [-0.25, -0.2) is 8.42 Å². The average Bonchev–Trinajstić information content (AvgIpc) is 2.87. The van der Waals surface area contributed by atoms with Gasteiger partial charge in [0, 0.05) is 5.69 Å². The van der Waals surface area contributed by atoms with E-state index in [2.05, 4.69) is 5.32 Å². The summed E-state index contributed by atoms with van der Waals surface area (Å²) in [5.74, 6) is -1.36. The van der Waals surface area contributed by atoms with Gasteiger partial charge in [0.15, 0.2) is 9.84 Å². The highest BCUT2D eigenvalue weighted by Gasteiger charge is 2.33. The average molecular weight is 313 g/mol. The van der Waals surface area contributed by atoms with Crippen LogP contribution in [-0.4, -0.2) is 44.5 Å². The Morgan fingerprint density at radius 2 is 2.00 bits per heavy atom. The van der Waals surface area contributed by atoms with E-state index in [1.165, 1.54) is 0 Å². The Kier molecular flexibility index (Phi) is 4.84. The second kappa shape index (κ2) is 6.44. The molecule has 2 rings (SSSR count). The smallest absolute Gasteiger partial charge is 0.311 e. The molecule has 7 heteroatoms. The molecule has 6 nitrogen and oxygen atoms in total. The van der Waals surface area contributed by atoms with Crippen LogP contribution in [0.25, 0.3) is 0 Å². The van der Waals surface area contributed by atoms with E-state index in [9.17, 15) is 13.2 Å². The standard InChI is InChI=1S/C14H19NO5S/c1-2-7-21(18,19)11-5-3-10(4-6-11)15-13-9-20-8-12(13)14(16)17/h3-6,12-13,15H,2,7-9H2,1H3,(H,16,17). The summed E-state index contributed by atoms with van der Waals surface area (Å²) in [7, 11) is -3.23. The molecule has 0 aromatic heterocycles. The van der Waals surface area contributed by atoms with Gasteiger partial charge in [-0.3, -0.25) is 4.79 Å². The molecule has 0 amide bonds. The van der Waals surface area contributed by atoms with Gasteiger partial charge in [0.25, 0.3) is 0 Å². The number of nitrogens with one attached hydrogen (secondary N) is 1. The fraction of sp³-hybridized carbons (Fsp3) is 0.500. The van der Waals surface area contributed by atoms with Crippen LogP contribution in [0.4, 0.5) is 5.69 Å². The number of carboxylic acid groups (broad SMARTS) is 1. The third-order valence-corrected chi connectivity index (χ3v) is 5.37. The Morgan fingerprint density at radius 3 is 2.57 bits per heavy atom. The van der Waals surface area contributed by atoms with E-state index in [0.29, 0.717) is 18.7 Å². The van der Waals surface area contributed by atoms with Gasteiger partial charge in [-0.15, -0.1) is 0 Å². The SMILES string of the molecule is CCCS(=O)(=O)c1ccc(NC2COCC2C(=O)O)cc1. The number of sulfone groups is 1. The van der Waals surface area contributed by atoms with Crippen LogP contribution in [0.2, 0.25) is 0 Å². The first kappa shape index (κ1) is 15.8.